The van der Waals surface area contributed by atoms with Gasteiger partial charge in [0.2, 0.25) is 0 Å². The van der Waals surface area contributed by atoms with E-state index >= 15 is 0 Å². The maximum atomic E-state index is 7.07. The Bertz CT molecular complexity index is 3040. The number of ether oxygens (including phenoxy) is 2. The van der Waals surface area contributed by atoms with E-state index in [1.165, 1.54) is 33.2 Å². The van der Waals surface area contributed by atoms with Crippen LogP contribution in [0.5, 0.6) is 23.0 Å². The second-order valence-electron chi connectivity index (χ2n) is 15.3. The molecule has 0 N–H and O–H groups in total. The molecule has 270 valence electrons. The first-order chi connectivity index (χ1) is 28.0. The lowest BCUT2D eigenvalue weighted by atomic mass is 9.82. The topological polar surface area (TPSA) is 44.2 Å². The smallest absolute Gasteiger partial charge is 0.178 e. The number of nitrogens with zero attached hydrogens (tertiary/aromatic N) is 2. The van der Waals surface area contributed by atoms with E-state index in [0.717, 1.165) is 61.7 Å². The van der Waals surface area contributed by atoms with Crippen molar-refractivity contribution in [3.63, 3.8) is 0 Å². The van der Waals surface area contributed by atoms with Gasteiger partial charge in [0.05, 0.1) is 11.4 Å². The quantitative estimate of drug-likeness (QED) is 0.177. The summed E-state index contributed by atoms with van der Waals surface area (Å²) < 4.78 is 13.8. The molecule has 1 aliphatic carbocycles. The van der Waals surface area contributed by atoms with E-state index in [9.17, 15) is 0 Å². The molecule has 2 heterocycles. The van der Waals surface area contributed by atoms with Crippen molar-refractivity contribution in [3.8, 4) is 90.3 Å². The first kappa shape index (κ1) is 33.1. The summed E-state index contributed by atoms with van der Waals surface area (Å²) in [5.41, 5.74) is 13.6. The molecular weight excluding hydrogens is 697 g/mol. The van der Waals surface area contributed by atoms with Crippen LogP contribution >= 0.6 is 0 Å². The van der Waals surface area contributed by atoms with Gasteiger partial charge in [-0.2, -0.15) is 0 Å². The zero-order valence-corrected chi connectivity index (χ0v) is 31.5. The van der Waals surface area contributed by atoms with Gasteiger partial charge in [-0.3, -0.25) is 0 Å². The number of aromatic nitrogens is 2. The average molecular weight is 733 g/mol. The molecule has 0 fully saturated rings. The van der Waals surface area contributed by atoms with Crippen molar-refractivity contribution in [1.82, 2.24) is 9.97 Å². The maximum absolute atomic E-state index is 7.07. The van der Waals surface area contributed by atoms with Gasteiger partial charge in [0.25, 0.3) is 0 Å². The first-order valence-electron chi connectivity index (χ1n) is 19.4. The molecule has 0 saturated carbocycles. The average Bonchev–Trinajstić information content (AvgIpc) is 3.51. The molecule has 4 nitrogen and oxygen atoms in total. The van der Waals surface area contributed by atoms with Gasteiger partial charge in [-0.15, -0.1) is 0 Å². The number of fused-ring (bicyclic) bond motifs is 7. The largest absolute Gasteiger partial charge is 0.449 e. The second-order valence-corrected chi connectivity index (χ2v) is 15.3. The van der Waals surface area contributed by atoms with Crippen LogP contribution in [-0.2, 0) is 5.41 Å². The van der Waals surface area contributed by atoms with E-state index < -0.39 is 0 Å². The molecule has 8 aromatic carbocycles. The lowest BCUT2D eigenvalue weighted by Gasteiger charge is -2.27. The minimum atomic E-state index is -0.162. The van der Waals surface area contributed by atoms with Crippen LogP contribution in [0.1, 0.15) is 25.0 Å². The SMILES string of the molecule is CC1(C)c2ccccc2-c2c1ccc1c2Oc2c(cccc2-c2ccccc2-c2cc(-c3ccc(-c4ccccc4)c4ccccc34)nc(-c3ccccc3)n2)O1. The standard InChI is InChI=1S/C53H36N2O2/c1-53(2)43-26-14-13-24-42(43)49-44(53)30-31-48-51(49)57-50-41(25-15-27-47(50)56-48)38-22-11-12-23-39(38)45-32-46(55-52(54-45)34-18-7-4-8-19-34)40-29-28-35(33-16-5-3-6-17-33)36-20-9-10-21-37(36)40/h3-32H,1-2H3. The Kier molecular flexibility index (Phi) is 7.48. The fraction of sp³-hybridized carbons (Fsp3) is 0.0566. The van der Waals surface area contributed by atoms with Crippen LogP contribution in [-0.4, -0.2) is 9.97 Å². The highest BCUT2D eigenvalue weighted by Crippen LogP contribution is 2.59. The molecule has 57 heavy (non-hydrogen) atoms. The van der Waals surface area contributed by atoms with E-state index in [2.05, 4.69) is 166 Å². The van der Waals surface area contributed by atoms with Gasteiger partial charge in [-0.25, -0.2) is 9.97 Å². The third-order valence-electron chi connectivity index (χ3n) is 11.6. The highest BCUT2D eigenvalue weighted by molar-refractivity contribution is 6.05. The molecular formula is C53H36N2O2. The summed E-state index contributed by atoms with van der Waals surface area (Å²) in [6.07, 6.45) is 0. The summed E-state index contributed by atoms with van der Waals surface area (Å²) in [6, 6.07) is 63.4. The summed E-state index contributed by atoms with van der Waals surface area (Å²) >= 11 is 0. The number of hydrogen-bond donors (Lipinski definition) is 0. The van der Waals surface area contributed by atoms with Gasteiger partial charge in [-0.1, -0.05) is 178 Å². The van der Waals surface area contributed by atoms with Crippen LogP contribution in [0, 0.1) is 0 Å². The molecule has 1 aliphatic heterocycles. The maximum Gasteiger partial charge on any atom is 0.178 e. The highest BCUT2D eigenvalue weighted by Gasteiger charge is 2.40. The monoisotopic (exact) mass is 732 g/mol. The summed E-state index contributed by atoms with van der Waals surface area (Å²) in [5.74, 6) is 3.50. The van der Waals surface area contributed by atoms with Crippen LogP contribution < -0.4 is 9.47 Å². The van der Waals surface area contributed by atoms with E-state index in [0.29, 0.717) is 17.3 Å². The molecule has 0 radical (unpaired) electrons. The van der Waals surface area contributed by atoms with E-state index in [4.69, 9.17) is 19.4 Å². The van der Waals surface area contributed by atoms with Crippen LogP contribution in [0.2, 0.25) is 0 Å². The predicted molar refractivity (Wildman–Crippen MR) is 231 cm³/mol. The molecule has 0 spiro atoms. The predicted octanol–water partition coefficient (Wildman–Crippen LogP) is 14.2. The molecule has 4 heteroatoms. The Labute approximate surface area is 331 Å². The molecule has 1 aromatic heterocycles. The zero-order valence-electron chi connectivity index (χ0n) is 31.5. The fourth-order valence-corrected chi connectivity index (χ4v) is 8.83. The Morgan fingerprint density at radius 3 is 1.74 bits per heavy atom. The molecule has 11 rings (SSSR count). The normalized spacial score (nSPS) is 13.2. The van der Waals surface area contributed by atoms with Gasteiger partial charge in [0, 0.05) is 33.2 Å². The van der Waals surface area contributed by atoms with Gasteiger partial charge in [-0.05, 0) is 62.4 Å². The van der Waals surface area contributed by atoms with Crippen LogP contribution in [0.15, 0.2) is 182 Å². The zero-order chi connectivity index (χ0) is 38.1. The van der Waals surface area contributed by atoms with Gasteiger partial charge in [0.15, 0.2) is 28.8 Å². The lowest BCUT2D eigenvalue weighted by molar-refractivity contribution is 0.361. The van der Waals surface area contributed by atoms with Crippen molar-refractivity contribution in [2.45, 2.75) is 19.3 Å². The number of para-hydroxylation sites is 1. The molecule has 0 bridgehead atoms. The highest BCUT2D eigenvalue weighted by atomic mass is 16.6. The Hall–Kier alpha value is -7.30. The summed E-state index contributed by atoms with van der Waals surface area (Å²) in [4.78, 5) is 10.5. The van der Waals surface area contributed by atoms with Crippen molar-refractivity contribution >= 4 is 10.8 Å². The number of hydrogen-bond acceptors (Lipinski definition) is 4. The van der Waals surface area contributed by atoms with Crippen molar-refractivity contribution < 1.29 is 9.47 Å². The van der Waals surface area contributed by atoms with Gasteiger partial charge >= 0.3 is 0 Å². The van der Waals surface area contributed by atoms with Crippen LogP contribution in [0.4, 0.5) is 0 Å². The van der Waals surface area contributed by atoms with Crippen molar-refractivity contribution in [2.75, 3.05) is 0 Å². The first-order valence-corrected chi connectivity index (χ1v) is 19.4. The minimum Gasteiger partial charge on any atom is -0.449 e. The van der Waals surface area contributed by atoms with Crippen LogP contribution in [0.25, 0.3) is 78.1 Å². The fourth-order valence-electron chi connectivity index (χ4n) is 8.83. The van der Waals surface area contributed by atoms with Gasteiger partial charge < -0.3 is 9.47 Å². The van der Waals surface area contributed by atoms with Crippen LogP contribution in [0.3, 0.4) is 0 Å². The molecule has 2 aliphatic rings. The van der Waals surface area contributed by atoms with Crippen molar-refractivity contribution in [3.05, 3.63) is 193 Å². The lowest BCUT2D eigenvalue weighted by Crippen LogP contribution is -2.15. The van der Waals surface area contributed by atoms with Gasteiger partial charge in [0.1, 0.15) is 0 Å². The Balaban J connectivity index is 1.08. The summed E-state index contributed by atoms with van der Waals surface area (Å²) in [5, 5.41) is 2.31. The summed E-state index contributed by atoms with van der Waals surface area (Å²) in [6.45, 7) is 4.56. The molecule has 0 saturated heterocycles. The van der Waals surface area contributed by atoms with E-state index in [-0.39, 0.29) is 5.41 Å². The third-order valence-corrected chi connectivity index (χ3v) is 11.6. The number of rotatable bonds is 5. The van der Waals surface area contributed by atoms with E-state index in [1.54, 1.807) is 0 Å². The van der Waals surface area contributed by atoms with Crippen molar-refractivity contribution in [2.24, 2.45) is 0 Å². The summed E-state index contributed by atoms with van der Waals surface area (Å²) in [7, 11) is 0. The molecule has 0 unspecified atom stereocenters. The second kappa shape index (κ2) is 12.9. The minimum absolute atomic E-state index is 0.162. The van der Waals surface area contributed by atoms with E-state index in [1.807, 2.05) is 30.3 Å². The molecule has 9 aromatic rings. The Morgan fingerprint density at radius 1 is 0.386 bits per heavy atom. The van der Waals surface area contributed by atoms with Crippen molar-refractivity contribution in [1.29, 1.82) is 0 Å². The number of benzene rings is 8. The molecule has 0 amide bonds. The Morgan fingerprint density at radius 2 is 0.965 bits per heavy atom. The molecule has 0 atom stereocenters. The third kappa shape index (κ3) is 5.29.